The van der Waals surface area contributed by atoms with E-state index in [1.807, 2.05) is 0 Å². The highest BCUT2D eigenvalue weighted by molar-refractivity contribution is 4.87. The molecule has 2 N–H and O–H groups in total. The summed E-state index contributed by atoms with van der Waals surface area (Å²) >= 11 is 0. The number of nitrogens with zero attached hydrogens (tertiary/aromatic N) is 2. The quantitative estimate of drug-likeness (QED) is 0.751. The first-order valence-corrected chi connectivity index (χ1v) is 6.05. The van der Waals surface area contributed by atoms with Crippen LogP contribution in [0.15, 0.2) is 0 Å². The Labute approximate surface area is 94.6 Å². The SMILES string of the molecule is CN(C)CC1CCCC(CN(C)C)C1N. The van der Waals surface area contributed by atoms with E-state index in [-0.39, 0.29) is 0 Å². The molecular weight excluding hydrogens is 186 g/mol. The summed E-state index contributed by atoms with van der Waals surface area (Å²) in [6.07, 6.45) is 3.97. The Bertz CT molecular complexity index is 162. The van der Waals surface area contributed by atoms with Crippen LogP contribution in [0.1, 0.15) is 19.3 Å². The van der Waals surface area contributed by atoms with Crippen LogP contribution in [0.25, 0.3) is 0 Å². The highest BCUT2D eigenvalue weighted by Crippen LogP contribution is 2.28. The van der Waals surface area contributed by atoms with Gasteiger partial charge in [-0.3, -0.25) is 0 Å². The monoisotopic (exact) mass is 213 g/mol. The van der Waals surface area contributed by atoms with Gasteiger partial charge in [0.05, 0.1) is 0 Å². The Morgan fingerprint density at radius 2 is 1.33 bits per heavy atom. The zero-order valence-corrected chi connectivity index (χ0v) is 10.7. The summed E-state index contributed by atoms with van der Waals surface area (Å²) in [7, 11) is 8.56. The first-order valence-electron chi connectivity index (χ1n) is 6.05. The lowest BCUT2D eigenvalue weighted by Crippen LogP contribution is -2.47. The third-order valence-corrected chi connectivity index (χ3v) is 3.44. The second-order valence-corrected chi connectivity index (χ2v) is 5.55. The summed E-state index contributed by atoms with van der Waals surface area (Å²) in [6, 6.07) is 0.392. The second-order valence-electron chi connectivity index (χ2n) is 5.55. The van der Waals surface area contributed by atoms with E-state index in [9.17, 15) is 0 Å². The van der Waals surface area contributed by atoms with E-state index >= 15 is 0 Å². The molecule has 0 saturated heterocycles. The fourth-order valence-corrected chi connectivity index (χ4v) is 2.78. The minimum absolute atomic E-state index is 0.392. The van der Waals surface area contributed by atoms with Crippen molar-refractivity contribution in [2.45, 2.75) is 25.3 Å². The topological polar surface area (TPSA) is 32.5 Å². The van der Waals surface area contributed by atoms with Gasteiger partial charge in [0, 0.05) is 19.1 Å². The van der Waals surface area contributed by atoms with Crippen molar-refractivity contribution >= 4 is 0 Å². The van der Waals surface area contributed by atoms with Gasteiger partial charge in [0.25, 0.3) is 0 Å². The molecule has 2 unspecified atom stereocenters. The van der Waals surface area contributed by atoms with Crippen molar-refractivity contribution in [1.29, 1.82) is 0 Å². The van der Waals surface area contributed by atoms with Gasteiger partial charge >= 0.3 is 0 Å². The molecule has 0 amide bonds. The molecule has 0 radical (unpaired) electrons. The summed E-state index contributed by atoms with van der Waals surface area (Å²) in [6.45, 7) is 2.29. The lowest BCUT2D eigenvalue weighted by Gasteiger charge is -2.38. The minimum Gasteiger partial charge on any atom is -0.327 e. The molecule has 90 valence electrons. The molecule has 1 aliphatic carbocycles. The van der Waals surface area contributed by atoms with Crippen molar-refractivity contribution in [3.8, 4) is 0 Å². The first-order chi connectivity index (χ1) is 7.00. The van der Waals surface area contributed by atoms with Crippen molar-refractivity contribution in [3.63, 3.8) is 0 Å². The zero-order valence-electron chi connectivity index (χ0n) is 10.7. The number of nitrogens with two attached hydrogens (primary N) is 1. The average Bonchev–Trinajstić information content (AvgIpc) is 2.10. The van der Waals surface area contributed by atoms with Crippen molar-refractivity contribution in [3.05, 3.63) is 0 Å². The van der Waals surface area contributed by atoms with Crippen LogP contribution in [-0.4, -0.2) is 57.1 Å². The van der Waals surface area contributed by atoms with Gasteiger partial charge in [0.15, 0.2) is 0 Å². The van der Waals surface area contributed by atoms with Crippen LogP contribution in [0, 0.1) is 11.8 Å². The van der Waals surface area contributed by atoms with E-state index in [0.29, 0.717) is 17.9 Å². The molecule has 1 aliphatic rings. The third kappa shape index (κ3) is 4.09. The molecule has 1 saturated carbocycles. The van der Waals surface area contributed by atoms with Gasteiger partial charge in [0.2, 0.25) is 0 Å². The Kier molecular flexibility index (Phi) is 5.03. The molecule has 0 bridgehead atoms. The van der Waals surface area contributed by atoms with E-state index in [1.165, 1.54) is 19.3 Å². The Hall–Kier alpha value is -0.120. The van der Waals surface area contributed by atoms with E-state index in [4.69, 9.17) is 5.73 Å². The van der Waals surface area contributed by atoms with Gasteiger partial charge in [-0.2, -0.15) is 0 Å². The highest BCUT2D eigenvalue weighted by Gasteiger charge is 2.30. The lowest BCUT2D eigenvalue weighted by molar-refractivity contribution is 0.154. The van der Waals surface area contributed by atoms with Crippen LogP contribution in [0.2, 0.25) is 0 Å². The van der Waals surface area contributed by atoms with E-state index in [2.05, 4.69) is 38.0 Å². The molecular formula is C12H27N3. The van der Waals surface area contributed by atoms with E-state index in [1.54, 1.807) is 0 Å². The molecule has 0 aromatic heterocycles. The molecule has 1 rings (SSSR count). The Balaban J connectivity index is 2.47. The average molecular weight is 213 g/mol. The maximum Gasteiger partial charge on any atom is 0.0120 e. The number of hydrogen-bond donors (Lipinski definition) is 1. The van der Waals surface area contributed by atoms with Crippen LogP contribution in [0.4, 0.5) is 0 Å². The largest absolute Gasteiger partial charge is 0.327 e. The first kappa shape index (κ1) is 12.9. The van der Waals surface area contributed by atoms with Gasteiger partial charge < -0.3 is 15.5 Å². The summed E-state index contributed by atoms with van der Waals surface area (Å²) in [4.78, 5) is 4.53. The molecule has 1 fully saturated rings. The van der Waals surface area contributed by atoms with Gasteiger partial charge in [-0.25, -0.2) is 0 Å². The molecule has 3 heteroatoms. The highest BCUT2D eigenvalue weighted by atomic mass is 15.1. The standard InChI is InChI=1S/C12H27N3/c1-14(2)8-10-6-5-7-11(12(10)13)9-15(3)4/h10-12H,5-9,13H2,1-4H3. The maximum absolute atomic E-state index is 6.37. The molecule has 15 heavy (non-hydrogen) atoms. The summed E-state index contributed by atoms with van der Waals surface area (Å²) in [5.74, 6) is 1.39. The van der Waals surface area contributed by atoms with Crippen molar-refractivity contribution in [2.24, 2.45) is 17.6 Å². The van der Waals surface area contributed by atoms with Crippen molar-refractivity contribution in [1.82, 2.24) is 9.80 Å². The number of rotatable bonds is 4. The predicted molar refractivity (Wildman–Crippen MR) is 65.9 cm³/mol. The summed E-state index contributed by atoms with van der Waals surface area (Å²) in [5.41, 5.74) is 6.37. The van der Waals surface area contributed by atoms with Crippen LogP contribution < -0.4 is 5.73 Å². The Morgan fingerprint density at radius 1 is 0.933 bits per heavy atom. The van der Waals surface area contributed by atoms with Gasteiger partial charge in [0.1, 0.15) is 0 Å². The number of hydrogen-bond acceptors (Lipinski definition) is 3. The molecule has 0 aromatic rings. The lowest BCUT2D eigenvalue weighted by atomic mass is 9.77. The molecule has 3 nitrogen and oxygen atoms in total. The Morgan fingerprint density at radius 3 is 1.67 bits per heavy atom. The fourth-order valence-electron chi connectivity index (χ4n) is 2.78. The third-order valence-electron chi connectivity index (χ3n) is 3.44. The predicted octanol–water partition coefficient (Wildman–Crippen LogP) is 0.853. The van der Waals surface area contributed by atoms with Crippen LogP contribution in [0.5, 0.6) is 0 Å². The second kappa shape index (κ2) is 5.83. The van der Waals surface area contributed by atoms with Gasteiger partial charge in [-0.15, -0.1) is 0 Å². The molecule has 0 aromatic carbocycles. The molecule has 0 aliphatic heterocycles. The van der Waals surface area contributed by atoms with Crippen molar-refractivity contribution < 1.29 is 0 Å². The molecule has 0 spiro atoms. The van der Waals surface area contributed by atoms with E-state index in [0.717, 1.165) is 13.1 Å². The smallest absolute Gasteiger partial charge is 0.0120 e. The molecule has 2 atom stereocenters. The maximum atomic E-state index is 6.37. The normalized spacial score (nSPS) is 32.6. The van der Waals surface area contributed by atoms with Gasteiger partial charge in [-0.05, 0) is 52.9 Å². The van der Waals surface area contributed by atoms with Gasteiger partial charge in [-0.1, -0.05) is 6.42 Å². The van der Waals surface area contributed by atoms with Crippen LogP contribution in [0.3, 0.4) is 0 Å². The van der Waals surface area contributed by atoms with Crippen molar-refractivity contribution in [2.75, 3.05) is 41.3 Å². The van der Waals surface area contributed by atoms with Crippen LogP contribution >= 0.6 is 0 Å². The summed E-state index contributed by atoms with van der Waals surface area (Å²) < 4.78 is 0. The van der Waals surface area contributed by atoms with E-state index < -0.39 is 0 Å². The summed E-state index contributed by atoms with van der Waals surface area (Å²) in [5, 5.41) is 0. The zero-order chi connectivity index (χ0) is 11.4. The fraction of sp³-hybridized carbons (Fsp3) is 1.00. The minimum atomic E-state index is 0.392. The van der Waals surface area contributed by atoms with Crippen LogP contribution in [-0.2, 0) is 0 Å². The molecule has 0 heterocycles.